The molecule has 0 aromatic rings. The molecule has 0 spiro atoms. The van der Waals surface area contributed by atoms with Gasteiger partial charge in [-0.2, -0.15) is 0 Å². The molecule has 5 atom stereocenters. The molecule has 19 heavy (non-hydrogen) atoms. The van der Waals surface area contributed by atoms with E-state index in [0.29, 0.717) is 6.42 Å². The van der Waals surface area contributed by atoms with Gasteiger partial charge in [-0.3, -0.25) is 4.79 Å². The quantitative estimate of drug-likeness (QED) is 0.721. The molecule has 0 bridgehead atoms. The largest absolute Gasteiger partial charge is 0.393 e. The van der Waals surface area contributed by atoms with E-state index in [9.17, 15) is 20.1 Å². The SMILES string of the molecule is CC(=O)C1CCC2(C)CCC(C(C)(O)CO)CC12O. The molecule has 2 aliphatic rings. The summed E-state index contributed by atoms with van der Waals surface area (Å²) in [5.74, 6) is -0.444. The van der Waals surface area contributed by atoms with Gasteiger partial charge in [0, 0.05) is 5.92 Å². The van der Waals surface area contributed by atoms with E-state index in [1.165, 1.54) is 0 Å². The Labute approximate surface area is 114 Å². The molecular weight excluding hydrogens is 244 g/mol. The third-order valence-electron chi connectivity index (χ3n) is 5.90. The first kappa shape index (κ1) is 14.9. The summed E-state index contributed by atoms with van der Waals surface area (Å²) in [6.07, 6.45) is 3.59. The fourth-order valence-corrected chi connectivity index (χ4v) is 4.24. The van der Waals surface area contributed by atoms with Gasteiger partial charge in [-0.05, 0) is 57.3 Å². The molecule has 2 fully saturated rings. The number of hydrogen-bond acceptors (Lipinski definition) is 4. The van der Waals surface area contributed by atoms with E-state index >= 15 is 0 Å². The van der Waals surface area contributed by atoms with Crippen LogP contribution >= 0.6 is 0 Å². The van der Waals surface area contributed by atoms with Crippen molar-refractivity contribution in [1.29, 1.82) is 0 Å². The Kier molecular flexibility index (Phi) is 3.57. The molecule has 5 unspecified atom stereocenters. The smallest absolute Gasteiger partial charge is 0.135 e. The standard InChI is InChI=1S/C15H26O4/c1-10(17)12-5-7-13(2)6-4-11(8-15(12,13)19)14(3,18)9-16/h11-12,16,18-19H,4-9H2,1-3H3. The van der Waals surface area contributed by atoms with Crippen LogP contribution in [-0.4, -0.2) is 38.9 Å². The number of carbonyl (C=O) groups excluding carboxylic acids is 1. The third kappa shape index (κ3) is 2.14. The van der Waals surface area contributed by atoms with Gasteiger partial charge in [-0.15, -0.1) is 0 Å². The van der Waals surface area contributed by atoms with Crippen LogP contribution in [-0.2, 0) is 4.79 Å². The second kappa shape index (κ2) is 4.54. The van der Waals surface area contributed by atoms with Crippen molar-refractivity contribution in [2.45, 2.75) is 64.1 Å². The zero-order valence-electron chi connectivity index (χ0n) is 12.1. The lowest BCUT2D eigenvalue weighted by Gasteiger charge is -2.51. The summed E-state index contributed by atoms with van der Waals surface area (Å²) >= 11 is 0. The van der Waals surface area contributed by atoms with E-state index in [2.05, 4.69) is 6.92 Å². The fraction of sp³-hybridized carbons (Fsp3) is 0.933. The maximum absolute atomic E-state index is 11.8. The molecule has 0 aliphatic heterocycles. The fourth-order valence-electron chi connectivity index (χ4n) is 4.24. The van der Waals surface area contributed by atoms with Crippen LogP contribution in [0, 0.1) is 17.3 Å². The average molecular weight is 270 g/mol. The van der Waals surface area contributed by atoms with Crippen LogP contribution < -0.4 is 0 Å². The van der Waals surface area contributed by atoms with E-state index in [1.54, 1.807) is 13.8 Å². The van der Waals surface area contributed by atoms with Crippen molar-refractivity contribution in [2.75, 3.05) is 6.61 Å². The van der Waals surface area contributed by atoms with Gasteiger partial charge in [0.25, 0.3) is 0 Å². The highest BCUT2D eigenvalue weighted by atomic mass is 16.3. The monoisotopic (exact) mass is 270 g/mol. The van der Waals surface area contributed by atoms with Crippen molar-refractivity contribution in [3.8, 4) is 0 Å². The van der Waals surface area contributed by atoms with E-state index in [1.807, 2.05) is 0 Å². The molecule has 3 N–H and O–H groups in total. The highest BCUT2D eigenvalue weighted by molar-refractivity contribution is 5.80. The molecule has 0 amide bonds. The molecule has 4 nitrogen and oxygen atoms in total. The molecule has 0 heterocycles. The van der Waals surface area contributed by atoms with Crippen LogP contribution in [0.2, 0.25) is 0 Å². The van der Waals surface area contributed by atoms with Crippen LogP contribution in [0.3, 0.4) is 0 Å². The highest BCUT2D eigenvalue weighted by Crippen LogP contribution is 2.60. The van der Waals surface area contributed by atoms with Gasteiger partial charge in [0.05, 0.1) is 17.8 Å². The Morgan fingerprint density at radius 2 is 1.95 bits per heavy atom. The van der Waals surface area contributed by atoms with Crippen molar-refractivity contribution in [3.63, 3.8) is 0 Å². The molecular formula is C15H26O4. The van der Waals surface area contributed by atoms with Crippen LogP contribution in [0.1, 0.15) is 52.9 Å². The molecule has 2 rings (SSSR count). The molecule has 0 aromatic carbocycles. The Bertz CT molecular complexity index is 378. The molecule has 2 saturated carbocycles. The molecule has 4 heteroatoms. The Morgan fingerprint density at radius 1 is 1.37 bits per heavy atom. The number of carbonyl (C=O) groups is 1. The first-order valence-corrected chi connectivity index (χ1v) is 7.22. The first-order valence-electron chi connectivity index (χ1n) is 7.22. The van der Waals surface area contributed by atoms with Gasteiger partial charge < -0.3 is 15.3 Å². The maximum Gasteiger partial charge on any atom is 0.135 e. The topological polar surface area (TPSA) is 77.8 Å². The highest BCUT2D eigenvalue weighted by Gasteiger charge is 2.61. The minimum Gasteiger partial charge on any atom is -0.393 e. The van der Waals surface area contributed by atoms with E-state index in [4.69, 9.17) is 0 Å². The van der Waals surface area contributed by atoms with Crippen LogP contribution in [0.5, 0.6) is 0 Å². The van der Waals surface area contributed by atoms with Crippen LogP contribution in [0.4, 0.5) is 0 Å². The predicted molar refractivity (Wildman–Crippen MR) is 71.5 cm³/mol. The summed E-state index contributed by atoms with van der Waals surface area (Å²) in [6, 6.07) is 0. The molecule has 110 valence electrons. The van der Waals surface area contributed by atoms with E-state index in [0.717, 1.165) is 25.7 Å². The van der Waals surface area contributed by atoms with E-state index < -0.39 is 11.2 Å². The summed E-state index contributed by atoms with van der Waals surface area (Å²) in [5.41, 5.74) is -2.44. The van der Waals surface area contributed by atoms with Gasteiger partial charge in [0.15, 0.2) is 0 Å². The van der Waals surface area contributed by atoms with Gasteiger partial charge in [0.2, 0.25) is 0 Å². The summed E-state index contributed by atoms with van der Waals surface area (Å²) in [7, 11) is 0. The summed E-state index contributed by atoms with van der Waals surface area (Å²) in [4.78, 5) is 11.8. The lowest BCUT2D eigenvalue weighted by atomic mass is 9.58. The van der Waals surface area contributed by atoms with Crippen LogP contribution in [0.25, 0.3) is 0 Å². The Morgan fingerprint density at radius 3 is 2.47 bits per heavy atom. The number of hydrogen-bond donors (Lipinski definition) is 3. The first-order chi connectivity index (χ1) is 8.66. The summed E-state index contributed by atoms with van der Waals surface area (Å²) in [6.45, 7) is 4.90. The average Bonchev–Trinajstić information content (AvgIpc) is 2.60. The number of rotatable bonds is 3. The second-order valence-corrected chi connectivity index (χ2v) is 7.14. The molecule has 0 saturated heterocycles. The zero-order valence-corrected chi connectivity index (χ0v) is 12.1. The minimum absolute atomic E-state index is 0.0375. The van der Waals surface area contributed by atoms with Crippen molar-refractivity contribution in [2.24, 2.45) is 17.3 Å². The number of aliphatic hydroxyl groups excluding tert-OH is 1. The van der Waals surface area contributed by atoms with Gasteiger partial charge in [-0.25, -0.2) is 0 Å². The minimum atomic E-state index is -1.18. The van der Waals surface area contributed by atoms with Crippen molar-refractivity contribution in [1.82, 2.24) is 0 Å². The van der Waals surface area contributed by atoms with E-state index in [-0.39, 0.29) is 29.6 Å². The van der Waals surface area contributed by atoms with Gasteiger partial charge in [0.1, 0.15) is 5.78 Å². The number of aliphatic hydroxyl groups is 3. The predicted octanol–water partition coefficient (Wildman–Crippen LogP) is 1.27. The molecule has 0 radical (unpaired) electrons. The third-order valence-corrected chi connectivity index (χ3v) is 5.90. The lowest BCUT2D eigenvalue weighted by Crippen LogP contribution is -2.56. The summed E-state index contributed by atoms with van der Waals surface area (Å²) < 4.78 is 0. The zero-order chi connectivity index (χ0) is 14.5. The van der Waals surface area contributed by atoms with Gasteiger partial charge >= 0.3 is 0 Å². The maximum atomic E-state index is 11.8. The summed E-state index contributed by atoms with van der Waals surface area (Å²) in [5, 5.41) is 30.7. The number of fused-ring (bicyclic) bond motifs is 1. The van der Waals surface area contributed by atoms with Crippen molar-refractivity contribution >= 4 is 5.78 Å². The normalized spacial score (nSPS) is 45.6. The Hall–Kier alpha value is -0.450. The van der Waals surface area contributed by atoms with Crippen molar-refractivity contribution < 1.29 is 20.1 Å². The molecule has 0 aromatic heterocycles. The Balaban J connectivity index is 2.29. The second-order valence-electron chi connectivity index (χ2n) is 7.14. The van der Waals surface area contributed by atoms with Gasteiger partial charge in [-0.1, -0.05) is 6.92 Å². The number of Topliss-reactive ketones (excluding diaryl/α,β-unsaturated/α-hetero) is 1. The number of ketones is 1. The van der Waals surface area contributed by atoms with Crippen LogP contribution in [0.15, 0.2) is 0 Å². The lowest BCUT2D eigenvalue weighted by molar-refractivity contribution is -0.169. The molecule has 2 aliphatic carbocycles. The van der Waals surface area contributed by atoms with Crippen molar-refractivity contribution in [3.05, 3.63) is 0 Å².